The number of nitrogen functional groups attached to an aromatic ring is 1. The van der Waals surface area contributed by atoms with Crippen molar-refractivity contribution < 1.29 is 4.57 Å². The fourth-order valence-electron chi connectivity index (χ4n) is 5.46. The third kappa shape index (κ3) is 7.42. The van der Waals surface area contributed by atoms with E-state index in [1.807, 2.05) is 6.07 Å². The molecule has 0 saturated heterocycles. The summed E-state index contributed by atoms with van der Waals surface area (Å²) in [5.41, 5.74) is 24.0. The van der Waals surface area contributed by atoms with Crippen molar-refractivity contribution in [2.45, 2.75) is 51.0 Å². The van der Waals surface area contributed by atoms with Gasteiger partial charge in [0.05, 0.1) is 11.3 Å². The fourth-order valence-corrected chi connectivity index (χ4v) is 5.46. The Bertz CT molecular complexity index is 1120. The van der Waals surface area contributed by atoms with Crippen LogP contribution in [0.5, 0.6) is 0 Å². The molecule has 0 spiro atoms. The van der Waals surface area contributed by atoms with Gasteiger partial charge in [0, 0.05) is 49.1 Å². The second-order valence-corrected chi connectivity index (χ2v) is 10.2. The number of rotatable bonds is 15. The normalized spacial score (nSPS) is 16.8. The van der Waals surface area contributed by atoms with Gasteiger partial charge in [0.1, 0.15) is 0 Å². The van der Waals surface area contributed by atoms with Crippen LogP contribution < -0.4 is 37.7 Å². The predicted octanol–water partition coefficient (Wildman–Crippen LogP) is 2.45. The molecule has 7 nitrogen and oxygen atoms in total. The van der Waals surface area contributed by atoms with Gasteiger partial charge in [-0.2, -0.15) is 4.57 Å². The molecular formula is C30H46N7+. The van der Waals surface area contributed by atoms with Crippen LogP contribution in [-0.4, -0.2) is 45.8 Å². The van der Waals surface area contributed by atoms with Gasteiger partial charge in [-0.05, 0) is 75.8 Å². The third-order valence-electron chi connectivity index (χ3n) is 7.33. The molecule has 2 aliphatic carbocycles. The fraction of sp³-hybridized carbons (Fsp3) is 0.500. The standard InChI is InChI=1S/C30H45N7/c31-13-4-14-35-18-19-36-16-5-15-34-17-6-20-37-29-22-25(33)10-12-27(29)26-11-9-24(32)21-28(26)30(37)23-7-2-1-3-8-23/h1-3,7,9,11,21-23,33-36H,4-6,8,10,12-20,31-32H2/p+1. The summed E-state index contributed by atoms with van der Waals surface area (Å²) >= 11 is 0. The second-order valence-electron chi connectivity index (χ2n) is 10.2. The van der Waals surface area contributed by atoms with Crippen LogP contribution >= 0.6 is 0 Å². The Morgan fingerprint density at radius 3 is 2.35 bits per heavy atom. The summed E-state index contributed by atoms with van der Waals surface area (Å²) in [6, 6.07) is 6.42. The van der Waals surface area contributed by atoms with Crippen molar-refractivity contribution in [2.75, 3.05) is 51.5 Å². The number of nitrogens with two attached hydrogens (primary N) is 3. The number of hydrogen-bond acceptors (Lipinski definition) is 6. The molecule has 200 valence electrons. The van der Waals surface area contributed by atoms with Crippen molar-refractivity contribution in [3.8, 4) is 0 Å². The minimum atomic E-state index is 0.333. The molecule has 2 aromatic rings. The molecule has 7 heteroatoms. The van der Waals surface area contributed by atoms with Gasteiger partial charge in [0.2, 0.25) is 5.69 Å². The quantitative estimate of drug-likeness (QED) is 0.126. The minimum absolute atomic E-state index is 0.333. The zero-order chi connectivity index (χ0) is 25.9. The van der Waals surface area contributed by atoms with Crippen LogP contribution in [0.25, 0.3) is 16.8 Å². The van der Waals surface area contributed by atoms with E-state index in [0.29, 0.717) is 5.92 Å². The molecule has 0 aliphatic heterocycles. The Morgan fingerprint density at radius 1 is 0.838 bits per heavy atom. The van der Waals surface area contributed by atoms with E-state index < -0.39 is 0 Å². The van der Waals surface area contributed by atoms with Gasteiger partial charge in [-0.15, -0.1) is 0 Å². The van der Waals surface area contributed by atoms with Gasteiger partial charge >= 0.3 is 0 Å². The Labute approximate surface area is 222 Å². The number of nitrogens with one attached hydrogen (secondary N) is 3. The van der Waals surface area contributed by atoms with E-state index in [1.165, 1.54) is 27.7 Å². The van der Waals surface area contributed by atoms with E-state index in [2.05, 4.69) is 63.0 Å². The summed E-state index contributed by atoms with van der Waals surface area (Å²) in [4.78, 5) is 0. The first-order valence-electron chi connectivity index (χ1n) is 14.1. The molecule has 1 atom stereocenters. The number of fused-ring (bicyclic) bond motifs is 3. The van der Waals surface area contributed by atoms with Crippen LogP contribution in [-0.2, 0) is 13.0 Å². The van der Waals surface area contributed by atoms with Crippen molar-refractivity contribution in [1.82, 2.24) is 16.0 Å². The Hall–Kier alpha value is -2.71. The first kappa shape index (κ1) is 27.3. The average molecular weight is 505 g/mol. The summed E-state index contributed by atoms with van der Waals surface area (Å²) < 4.78 is 2.54. The van der Waals surface area contributed by atoms with Crippen LogP contribution in [0.3, 0.4) is 0 Å². The lowest BCUT2D eigenvalue weighted by atomic mass is 9.87. The van der Waals surface area contributed by atoms with E-state index in [9.17, 15) is 0 Å². The lowest BCUT2D eigenvalue weighted by Crippen LogP contribution is -2.45. The van der Waals surface area contributed by atoms with Gasteiger partial charge < -0.3 is 33.2 Å². The summed E-state index contributed by atoms with van der Waals surface area (Å²) in [5.74, 6) is 0.333. The van der Waals surface area contributed by atoms with Crippen LogP contribution in [0.15, 0.2) is 48.2 Å². The van der Waals surface area contributed by atoms with Crippen LogP contribution in [0.1, 0.15) is 55.0 Å². The number of benzene rings is 1. The van der Waals surface area contributed by atoms with Crippen LogP contribution in [0.4, 0.5) is 5.69 Å². The first-order chi connectivity index (χ1) is 18.2. The largest absolute Gasteiger partial charge is 0.402 e. The van der Waals surface area contributed by atoms with Gasteiger partial charge in [-0.25, -0.2) is 0 Å². The summed E-state index contributed by atoms with van der Waals surface area (Å²) in [7, 11) is 0. The molecule has 2 aliphatic rings. The van der Waals surface area contributed by atoms with Gasteiger partial charge in [-0.3, -0.25) is 0 Å². The molecule has 0 bridgehead atoms. The Balaban J connectivity index is 1.39. The van der Waals surface area contributed by atoms with Crippen molar-refractivity contribution in [2.24, 2.45) is 11.5 Å². The maximum absolute atomic E-state index is 6.37. The first-order valence-corrected chi connectivity index (χ1v) is 14.1. The summed E-state index contributed by atoms with van der Waals surface area (Å²) in [6.07, 6.45) is 17.3. The number of aromatic nitrogens is 1. The number of anilines is 1. The zero-order valence-electron chi connectivity index (χ0n) is 22.3. The molecule has 0 fully saturated rings. The summed E-state index contributed by atoms with van der Waals surface area (Å²) in [6.45, 7) is 7.78. The molecule has 1 heterocycles. The number of aryl methyl sites for hydroxylation is 1. The van der Waals surface area contributed by atoms with Gasteiger partial charge in [-0.1, -0.05) is 30.4 Å². The Morgan fingerprint density at radius 2 is 1.59 bits per heavy atom. The average Bonchev–Trinajstić information content (AvgIpc) is 2.91. The van der Waals surface area contributed by atoms with Gasteiger partial charge in [0.15, 0.2) is 12.2 Å². The highest BCUT2D eigenvalue weighted by Crippen LogP contribution is 2.35. The molecule has 1 unspecified atom stereocenters. The number of allylic oxidation sites excluding steroid dienone is 5. The Kier molecular flexibility index (Phi) is 10.6. The SMILES string of the molecule is NCCCNCCNCCCNCCC[n+]1c2c(c3ccc(N)cc3c1C1C=CC=CC1)CCC(N)=C2. The van der Waals surface area contributed by atoms with Crippen LogP contribution in [0, 0.1) is 0 Å². The molecule has 0 saturated carbocycles. The highest BCUT2D eigenvalue weighted by Gasteiger charge is 2.31. The summed E-state index contributed by atoms with van der Waals surface area (Å²) in [5, 5.41) is 13.2. The number of pyridine rings is 1. The van der Waals surface area contributed by atoms with E-state index in [1.54, 1.807) is 0 Å². The zero-order valence-corrected chi connectivity index (χ0v) is 22.3. The molecule has 1 aromatic heterocycles. The molecule has 37 heavy (non-hydrogen) atoms. The lowest BCUT2D eigenvalue weighted by Gasteiger charge is -2.22. The van der Waals surface area contributed by atoms with Gasteiger partial charge in [0.25, 0.3) is 0 Å². The van der Waals surface area contributed by atoms with Crippen molar-refractivity contribution in [3.05, 3.63) is 65.2 Å². The van der Waals surface area contributed by atoms with E-state index >= 15 is 0 Å². The van der Waals surface area contributed by atoms with Crippen LogP contribution in [0.2, 0.25) is 0 Å². The lowest BCUT2D eigenvalue weighted by molar-refractivity contribution is -0.705. The highest BCUT2D eigenvalue weighted by molar-refractivity contribution is 5.91. The van der Waals surface area contributed by atoms with E-state index in [4.69, 9.17) is 17.2 Å². The third-order valence-corrected chi connectivity index (χ3v) is 7.33. The van der Waals surface area contributed by atoms with Crippen molar-refractivity contribution >= 4 is 22.5 Å². The second kappa shape index (κ2) is 14.3. The monoisotopic (exact) mass is 504 g/mol. The topological polar surface area (TPSA) is 118 Å². The van der Waals surface area contributed by atoms with E-state index in [-0.39, 0.29) is 0 Å². The number of hydrogen-bond donors (Lipinski definition) is 6. The van der Waals surface area contributed by atoms with Crippen molar-refractivity contribution in [3.63, 3.8) is 0 Å². The molecular weight excluding hydrogens is 458 g/mol. The van der Waals surface area contributed by atoms with Crippen molar-refractivity contribution in [1.29, 1.82) is 0 Å². The molecule has 1 aromatic carbocycles. The number of nitrogens with zero attached hydrogens (tertiary/aromatic N) is 1. The molecule has 9 N–H and O–H groups in total. The smallest absolute Gasteiger partial charge is 0.211 e. The maximum Gasteiger partial charge on any atom is 0.211 e. The maximum atomic E-state index is 6.37. The van der Waals surface area contributed by atoms with E-state index in [0.717, 1.165) is 102 Å². The highest BCUT2D eigenvalue weighted by atomic mass is 15.0. The molecule has 0 amide bonds. The molecule has 0 radical (unpaired) electrons. The minimum Gasteiger partial charge on any atom is -0.402 e. The predicted molar refractivity (Wildman–Crippen MR) is 156 cm³/mol. The molecule has 4 rings (SSSR count).